The summed E-state index contributed by atoms with van der Waals surface area (Å²) in [5, 5.41) is 2.94. The van der Waals surface area contributed by atoms with E-state index in [-0.39, 0.29) is 18.6 Å². The van der Waals surface area contributed by atoms with Gasteiger partial charge in [0, 0.05) is 25.2 Å². The summed E-state index contributed by atoms with van der Waals surface area (Å²) in [6.45, 7) is 5.73. The van der Waals surface area contributed by atoms with Gasteiger partial charge in [-0.3, -0.25) is 4.79 Å². The van der Waals surface area contributed by atoms with Crippen molar-refractivity contribution in [3.8, 4) is 11.5 Å². The number of benzene rings is 1. The Morgan fingerprint density at radius 2 is 2.33 bits per heavy atom. The number of nitrogens with zero attached hydrogens (tertiary/aromatic N) is 1. The number of carbonyl (C=O) groups excluding carboxylic acids is 1. The van der Waals surface area contributed by atoms with Gasteiger partial charge in [-0.15, -0.1) is 0 Å². The number of likely N-dealkylation sites (N-methyl/N-ethyl adjacent to an activating group) is 1. The number of para-hydroxylation sites is 1. The van der Waals surface area contributed by atoms with Crippen LogP contribution in [0.1, 0.15) is 12.5 Å². The maximum Gasteiger partial charge on any atom is 0.250 e. The monoisotopic (exact) mass is 332 g/mol. The van der Waals surface area contributed by atoms with Crippen LogP contribution in [0.5, 0.6) is 11.5 Å². The highest BCUT2D eigenvalue weighted by molar-refractivity contribution is 5.99. The van der Waals surface area contributed by atoms with E-state index in [0.717, 1.165) is 18.7 Å². The number of carbonyl (C=O) groups is 1. The van der Waals surface area contributed by atoms with Crippen molar-refractivity contribution in [1.82, 2.24) is 10.2 Å². The number of fused-ring (bicyclic) bond motifs is 1. The Hall–Kier alpha value is -2.05. The number of ether oxygens (including phenoxy) is 3. The topological polar surface area (TPSA) is 60.0 Å². The number of amides is 1. The molecule has 1 saturated heterocycles. The van der Waals surface area contributed by atoms with E-state index in [1.165, 1.54) is 0 Å². The van der Waals surface area contributed by atoms with E-state index in [1.807, 2.05) is 31.2 Å². The summed E-state index contributed by atoms with van der Waals surface area (Å²) in [6.07, 6.45) is 1.90. The van der Waals surface area contributed by atoms with E-state index in [9.17, 15) is 4.79 Å². The van der Waals surface area contributed by atoms with Crippen molar-refractivity contribution in [2.24, 2.45) is 0 Å². The van der Waals surface area contributed by atoms with Gasteiger partial charge in [-0.05, 0) is 26.1 Å². The molecule has 1 aromatic carbocycles. The van der Waals surface area contributed by atoms with Gasteiger partial charge in [-0.2, -0.15) is 0 Å². The molecule has 1 N–H and O–H groups in total. The summed E-state index contributed by atoms with van der Waals surface area (Å²) < 4.78 is 17.0. The third-order valence-corrected chi connectivity index (χ3v) is 4.13. The van der Waals surface area contributed by atoms with Gasteiger partial charge in [0.1, 0.15) is 6.61 Å². The van der Waals surface area contributed by atoms with E-state index in [0.29, 0.717) is 36.8 Å². The predicted molar refractivity (Wildman–Crippen MR) is 91.3 cm³/mol. The molecule has 1 aromatic rings. The van der Waals surface area contributed by atoms with E-state index in [4.69, 9.17) is 14.2 Å². The third-order valence-electron chi connectivity index (χ3n) is 4.13. The molecule has 1 amide bonds. The Balaban J connectivity index is 1.63. The molecule has 0 unspecified atom stereocenters. The first-order valence-corrected chi connectivity index (χ1v) is 8.35. The van der Waals surface area contributed by atoms with Crippen molar-refractivity contribution < 1.29 is 19.0 Å². The fourth-order valence-corrected chi connectivity index (χ4v) is 2.89. The first kappa shape index (κ1) is 16.8. The summed E-state index contributed by atoms with van der Waals surface area (Å²) in [5.74, 6) is 1.30. The van der Waals surface area contributed by atoms with Crippen molar-refractivity contribution >= 4 is 12.0 Å². The molecule has 1 atom stereocenters. The molecule has 3 rings (SSSR count). The summed E-state index contributed by atoms with van der Waals surface area (Å²) >= 11 is 0. The molecule has 2 aliphatic heterocycles. The zero-order valence-electron chi connectivity index (χ0n) is 14.2. The molecule has 130 valence electrons. The van der Waals surface area contributed by atoms with E-state index >= 15 is 0 Å². The minimum atomic E-state index is -0.112. The molecule has 0 aromatic heterocycles. The van der Waals surface area contributed by atoms with E-state index in [2.05, 4.69) is 17.3 Å². The van der Waals surface area contributed by atoms with Gasteiger partial charge in [0.25, 0.3) is 5.91 Å². The van der Waals surface area contributed by atoms with Gasteiger partial charge in [0.15, 0.2) is 11.5 Å². The van der Waals surface area contributed by atoms with Gasteiger partial charge in [0.2, 0.25) is 0 Å². The quantitative estimate of drug-likeness (QED) is 0.881. The number of rotatable bonds is 5. The number of morpholine rings is 1. The van der Waals surface area contributed by atoms with Crippen LogP contribution in [0.25, 0.3) is 6.08 Å². The summed E-state index contributed by atoms with van der Waals surface area (Å²) in [4.78, 5) is 14.6. The molecule has 6 heteroatoms. The summed E-state index contributed by atoms with van der Waals surface area (Å²) in [6, 6.07) is 5.69. The fourth-order valence-electron chi connectivity index (χ4n) is 2.89. The normalized spacial score (nSPS) is 20.6. The largest absolute Gasteiger partial charge is 0.490 e. The molecule has 6 nitrogen and oxygen atoms in total. The molecule has 0 spiro atoms. The Labute approximate surface area is 142 Å². The second-order valence-corrected chi connectivity index (χ2v) is 6.03. The van der Waals surface area contributed by atoms with Crippen molar-refractivity contribution in [3.05, 3.63) is 29.3 Å². The smallest absolute Gasteiger partial charge is 0.250 e. The van der Waals surface area contributed by atoms with Crippen molar-refractivity contribution in [2.75, 3.05) is 46.5 Å². The predicted octanol–water partition coefficient (Wildman–Crippen LogP) is 1.31. The van der Waals surface area contributed by atoms with Crippen LogP contribution in [0.2, 0.25) is 0 Å². The standard InChI is InChI=1S/C18H24N2O4/c1-3-22-16-6-4-5-13-9-14(12-24-17(13)16)18(21)19-10-15-11-20(2)7-8-23-15/h4-6,9,15H,3,7-8,10-12H2,1-2H3,(H,19,21)/t15-/m1/s1. The van der Waals surface area contributed by atoms with E-state index in [1.54, 1.807) is 0 Å². The molecule has 2 aliphatic rings. The van der Waals surface area contributed by atoms with Crippen LogP contribution in [0.3, 0.4) is 0 Å². The van der Waals surface area contributed by atoms with Crippen molar-refractivity contribution in [1.29, 1.82) is 0 Å². The average Bonchev–Trinajstić information content (AvgIpc) is 2.60. The fraction of sp³-hybridized carbons (Fsp3) is 0.500. The van der Waals surface area contributed by atoms with Gasteiger partial charge >= 0.3 is 0 Å². The summed E-state index contributed by atoms with van der Waals surface area (Å²) in [7, 11) is 2.06. The highest BCUT2D eigenvalue weighted by Crippen LogP contribution is 2.35. The third kappa shape index (κ3) is 3.88. The second-order valence-electron chi connectivity index (χ2n) is 6.03. The lowest BCUT2D eigenvalue weighted by Crippen LogP contribution is -2.46. The van der Waals surface area contributed by atoms with Crippen molar-refractivity contribution in [2.45, 2.75) is 13.0 Å². The molecular weight excluding hydrogens is 308 g/mol. The van der Waals surface area contributed by atoms with E-state index < -0.39 is 0 Å². The molecule has 0 bridgehead atoms. The Morgan fingerprint density at radius 3 is 3.12 bits per heavy atom. The van der Waals surface area contributed by atoms with Crippen LogP contribution in [0.4, 0.5) is 0 Å². The van der Waals surface area contributed by atoms with Gasteiger partial charge < -0.3 is 24.4 Å². The lowest BCUT2D eigenvalue weighted by molar-refractivity contribution is -0.118. The lowest BCUT2D eigenvalue weighted by atomic mass is 10.1. The Bertz CT molecular complexity index is 629. The molecule has 0 radical (unpaired) electrons. The molecular formula is C18H24N2O4. The first-order chi connectivity index (χ1) is 11.7. The van der Waals surface area contributed by atoms with Crippen LogP contribution in [0, 0.1) is 0 Å². The highest BCUT2D eigenvalue weighted by Gasteiger charge is 2.22. The van der Waals surface area contributed by atoms with Gasteiger partial charge in [0.05, 0.1) is 24.9 Å². The van der Waals surface area contributed by atoms with Crippen LogP contribution in [-0.2, 0) is 9.53 Å². The van der Waals surface area contributed by atoms with Crippen LogP contribution in [0.15, 0.2) is 23.8 Å². The molecule has 2 heterocycles. The maximum absolute atomic E-state index is 12.4. The molecule has 1 fully saturated rings. The minimum Gasteiger partial charge on any atom is -0.490 e. The molecule has 0 saturated carbocycles. The minimum absolute atomic E-state index is 0.0367. The molecule has 0 aliphatic carbocycles. The van der Waals surface area contributed by atoms with Crippen molar-refractivity contribution in [3.63, 3.8) is 0 Å². The van der Waals surface area contributed by atoms with Crippen LogP contribution < -0.4 is 14.8 Å². The maximum atomic E-state index is 12.4. The summed E-state index contributed by atoms with van der Waals surface area (Å²) in [5.41, 5.74) is 1.48. The van der Waals surface area contributed by atoms with Gasteiger partial charge in [-0.25, -0.2) is 0 Å². The SMILES string of the molecule is CCOc1cccc2c1OCC(C(=O)NC[C@@H]1CN(C)CCO1)=C2. The zero-order valence-corrected chi connectivity index (χ0v) is 14.2. The first-order valence-electron chi connectivity index (χ1n) is 8.35. The Morgan fingerprint density at radius 1 is 1.46 bits per heavy atom. The Kier molecular flexibility index (Phi) is 5.37. The second kappa shape index (κ2) is 7.68. The number of hydrogen-bond acceptors (Lipinski definition) is 5. The average molecular weight is 332 g/mol. The van der Waals surface area contributed by atoms with Crippen LogP contribution in [-0.4, -0.2) is 63.4 Å². The zero-order chi connectivity index (χ0) is 16.9. The number of hydrogen-bond donors (Lipinski definition) is 1. The van der Waals surface area contributed by atoms with Crippen LogP contribution >= 0.6 is 0 Å². The van der Waals surface area contributed by atoms with Gasteiger partial charge in [-0.1, -0.05) is 12.1 Å². The molecule has 24 heavy (non-hydrogen) atoms. The lowest BCUT2D eigenvalue weighted by Gasteiger charge is -2.30. The highest BCUT2D eigenvalue weighted by atomic mass is 16.5. The number of nitrogens with one attached hydrogen (secondary N) is 1.